The first-order chi connectivity index (χ1) is 13.8. The van der Waals surface area contributed by atoms with Crippen molar-refractivity contribution in [1.29, 1.82) is 0 Å². The Kier molecular flexibility index (Phi) is 6.13. The molecule has 1 aliphatic heterocycles. The number of ether oxygens (including phenoxy) is 1. The second-order valence-electron chi connectivity index (χ2n) is 6.31. The normalized spacial score (nSPS) is 13.4. The Bertz CT molecular complexity index is 1050. The second kappa shape index (κ2) is 8.74. The molecule has 10 heteroatoms. The van der Waals surface area contributed by atoms with E-state index in [-0.39, 0.29) is 16.1 Å². The van der Waals surface area contributed by atoms with Crippen LogP contribution in [0.3, 0.4) is 0 Å². The predicted octanol–water partition coefficient (Wildman–Crippen LogP) is 1.53. The summed E-state index contributed by atoms with van der Waals surface area (Å²) >= 11 is 0. The van der Waals surface area contributed by atoms with E-state index in [0.717, 1.165) is 6.42 Å². The van der Waals surface area contributed by atoms with E-state index < -0.39 is 28.5 Å². The van der Waals surface area contributed by atoms with Crippen LogP contribution in [0.2, 0.25) is 0 Å². The van der Waals surface area contributed by atoms with Gasteiger partial charge < -0.3 is 15.8 Å². The monoisotopic (exact) mass is 416 g/mol. The molecule has 0 radical (unpaired) electrons. The smallest absolute Gasteiger partial charge is 0.338 e. The summed E-state index contributed by atoms with van der Waals surface area (Å²) in [6, 6.07) is 11.8. The Balaban J connectivity index is 1.58. The molecule has 0 fully saturated rings. The van der Waals surface area contributed by atoms with Crippen molar-refractivity contribution in [3.8, 4) is 0 Å². The summed E-state index contributed by atoms with van der Waals surface area (Å²) in [4.78, 5) is 28.0. The number of hydrogen-bond acceptors (Lipinski definition) is 7. The van der Waals surface area contributed by atoms with E-state index in [9.17, 15) is 18.0 Å². The van der Waals surface area contributed by atoms with Gasteiger partial charge in [0, 0.05) is 24.3 Å². The van der Waals surface area contributed by atoms with Crippen molar-refractivity contribution in [1.82, 2.24) is 4.72 Å². The lowest BCUT2D eigenvalue weighted by Crippen LogP contribution is -2.29. The number of sulfonamides is 1. The fraction of sp³-hybridized carbons (Fsp3) is 0.211. The zero-order valence-corrected chi connectivity index (χ0v) is 16.2. The summed E-state index contributed by atoms with van der Waals surface area (Å²) in [6.45, 7) is 0.0816. The lowest BCUT2D eigenvalue weighted by Gasteiger charge is -2.10. The highest BCUT2D eigenvalue weighted by Crippen LogP contribution is 2.16. The number of nitrogen functional groups attached to an aromatic ring is 1. The molecule has 29 heavy (non-hydrogen) atoms. The summed E-state index contributed by atoms with van der Waals surface area (Å²) in [7, 11) is -3.79. The van der Waals surface area contributed by atoms with E-state index in [2.05, 4.69) is 15.0 Å². The number of amides is 1. The largest absolute Gasteiger partial charge is 0.452 e. The SMILES string of the molecule is Nc1ccc(C(=O)OCC(=O)Nc2cccc(S(=O)(=O)NC3=NCCC3)c2)cc1. The summed E-state index contributed by atoms with van der Waals surface area (Å²) < 4.78 is 32.3. The van der Waals surface area contributed by atoms with Crippen LogP contribution in [0.1, 0.15) is 23.2 Å². The summed E-state index contributed by atoms with van der Waals surface area (Å²) in [5.41, 5.74) is 6.58. The van der Waals surface area contributed by atoms with Crippen LogP contribution in [0.5, 0.6) is 0 Å². The molecular formula is C19H20N4O5S. The van der Waals surface area contributed by atoms with Gasteiger partial charge in [0.25, 0.3) is 15.9 Å². The van der Waals surface area contributed by atoms with Gasteiger partial charge in [-0.15, -0.1) is 0 Å². The van der Waals surface area contributed by atoms with Crippen molar-refractivity contribution >= 4 is 39.1 Å². The minimum Gasteiger partial charge on any atom is -0.452 e. The molecule has 1 aliphatic rings. The number of carbonyl (C=O) groups is 2. The quantitative estimate of drug-likeness (QED) is 0.482. The molecule has 2 aromatic carbocycles. The average Bonchev–Trinajstić information content (AvgIpc) is 3.19. The van der Waals surface area contributed by atoms with Gasteiger partial charge in [-0.25, -0.2) is 13.2 Å². The van der Waals surface area contributed by atoms with Crippen molar-refractivity contribution in [3.05, 3.63) is 54.1 Å². The van der Waals surface area contributed by atoms with Gasteiger partial charge >= 0.3 is 5.97 Å². The standard InChI is InChI=1S/C19H20N4O5S/c20-14-8-6-13(7-9-14)19(25)28-12-18(24)22-15-3-1-4-16(11-15)29(26,27)23-17-5-2-10-21-17/h1,3-4,6-9,11H,2,5,10,12,20H2,(H,21,23)(H,22,24). The first-order valence-electron chi connectivity index (χ1n) is 8.82. The van der Waals surface area contributed by atoms with Gasteiger partial charge in [0.1, 0.15) is 5.84 Å². The maximum Gasteiger partial charge on any atom is 0.338 e. The molecule has 152 valence electrons. The number of nitrogens with zero attached hydrogens (tertiary/aromatic N) is 1. The van der Waals surface area contributed by atoms with E-state index in [0.29, 0.717) is 24.5 Å². The number of esters is 1. The van der Waals surface area contributed by atoms with Gasteiger partial charge in [-0.05, 0) is 48.9 Å². The van der Waals surface area contributed by atoms with Crippen LogP contribution in [0.25, 0.3) is 0 Å². The highest BCUT2D eigenvalue weighted by atomic mass is 32.2. The maximum atomic E-state index is 12.4. The third-order valence-electron chi connectivity index (χ3n) is 4.04. The molecule has 1 heterocycles. The van der Waals surface area contributed by atoms with Crippen LogP contribution in [-0.2, 0) is 19.6 Å². The van der Waals surface area contributed by atoms with E-state index in [1.54, 1.807) is 12.1 Å². The van der Waals surface area contributed by atoms with Crippen molar-refractivity contribution < 1.29 is 22.7 Å². The minimum atomic E-state index is -3.79. The first kappa shape index (κ1) is 20.3. The Morgan fingerprint density at radius 2 is 1.90 bits per heavy atom. The molecular weight excluding hydrogens is 396 g/mol. The molecule has 9 nitrogen and oxygen atoms in total. The van der Waals surface area contributed by atoms with Gasteiger partial charge in [-0.2, -0.15) is 0 Å². The molecule has 0 saturated heterocycles. The molecule has 0 unspecified atom stereocenters. The van der Waals surface area contributed by atoms with E-state index in [1.165, 1.54) is 36.4 Å². The Hall–Kier alpha value is -3.40. The number of hydrogen-bond donors (Lipinski definition) is 3. The average molecular weight is 416 g/mol. The Morgan fingerprint density at radius 1 is 1.14 bits per heavy atom. The van der Waals surface area contributed by atoms with Gasteiger partial charge in [0.2, 0.25) is 0 Å². The number of rotatable bonds is 6. The predicted molar refractivity (Wildman–Crippen MR) is 108 cm³/mol. The van der Waals surface area contributed by atoms with Crippen molar-refractivity contribution in [2.75, 3.05) is 24.2 Å². The molecule has 0 bridgehead atoms. The molecule has 0 aliphatic carbocycles. The van der Waals surface area contributed by atoms with Crippen LogP contribution >= 0.6 is 0 Å². The summed E-state index contributed by atoms with van der Waals surface area (Å²) in [5, 5.41) is 2.51. The van der Waals surface area contributed by atoms with Gasteiger partial charge in [-0.3, -0.25) is 14.5 Å². The highest BCUT2D eigenvalue weighted by Gasteiger charge is 2.19. The number of nitrogens with two attached hydrogens (primary N) is 1. The third kappa shape index (κ3) is 5.55. The Labute approximate surface area is 168 Å². The number of nitrogens with one attached hydrogen (secondary N) is 2. The van der Waals surface area contributed by atoms with E-state index >= 15 is 0 Å². The number of amidine groups is 1. The van der Waals surface area contributed by atoms with Crippen LogP contribution in [0.15, 0.2) is 58.4 Å². The van der Waals surface area contributed by atoms with Gasteiger partial charge in [0.05, 0.1) is 10.5 Å². The second-order valence-corrected chi connectivity index (χ2v) is 7.99. The lowest BCUT2D eigenvalue weighted by atomic mass is 10.2. The number of carbonyl (C=O) groups excluding carboxylic acids is 2. The number of anilines is 2. The highest BCUT2D eigenvalue weighted by molar-refractivity contribution is 7.90. The first-order valence-corrected chi connectivity index (χ1v) is 10.3. The summed E-state index contributed by atoms with van der Waals surface area (Å²) in [6.07, 6.45) is 1.39. The van der Waals surface area contributed by atoms with Crippen LogP contribution in [-0.4, -0.2) is 39.3 Å². The summed E-state index contributed by atoms with van der Waals surface area (Å²) in [5.74, 6) is -0.844. The maximum absolute atomic E-state index is 12.4. The topological polar surface area (TPSA) is 140 Å². The van der Waals surface area contributed by atoms with Crippen molar-refractivity contribution in [3.63, 3.8) is 0 Å². The van der Waals surface area contributed by atoms with Gasteiger partial charge in [0.15, 0.2) is 6.61 Å². The fourth-order valence-electron chi connectivity index (χ4n) is 2.61. The molecule has 2 aromatic rings. The molecule has 0 saturated carbocycles. The van der Waals surface area contributed by atoms with Gasteiger partial charge in [-0.1, -0.05) is 6.07 Å². The zero-order valence-electron chi connectivity index (χ0n) is 15.4. The van der Waals surface area contributed by atoms with Crippen LogP contribution in [0, 0.1) is 0 Å². The lowest BCUT2D eigenvalue weighted by molar-refractivity contribution is -0.119. The van der Waals surface area contributed by atoms with Crippen LogP contribution < -0.4 is 15.8 Å². The Morgan fingerprint density at radius 3 is 2.59 bits per heavy atom. The van der Waals surface area contributed by atoms with E-state index in [4.69, 9.17) is 10.5 Å². The van der Waals surface area contributed by atoms with Crippen LogP contribution in [0.4, 0.5) is 11.4 Å². The molecule has 0 spiro atoms. The molecule has 3 rings (SSSR count). The van der Waals surface area contributed by atoms with Crippen molar-refractivity contribution in [2.24, 2.45) is 4.99 Å². The molecule has 0 aromatic heterocycles. The van der Waals surface area contributed by atoms with Crippen molar-refractivity contribution in [2.45, 2.75) is 17.7 Å². The number of aliphatic imine (C=N–C) groups is 1. The molecule has 1 amide bonds. The zero-order chi connectivity index (χ0) is 20.9. The van der Waals surface area contributed by atoms with E-state index in [1.807, 2.05) is 0 Å². The minimum absolute atomic E-state index is 0.0104. The molecule has 0 atom stereocenters. The fourth-order valence-corrected chi connectivity index (χ4v) is 3.74. The third-order valence-corrected chi connectivity index (χ3v) is 5.41. The number of benzene rings is 2. The molecule has 4 N–H and O–H groups in total.